The predicted molar refractivity (Wildman–Crippen MR) is 69.1 cm³/mol. The number of amides is 1. The van der Waals surface area contributed by atoms with E-state index >= 15 is 0 Å². The molecule has 1 amide bonds. The van der Waals surface area contributed by atoms with Crippen molar-refractivity contribution in [2.75, 3.05) is 25.5 Å². The quantitative estimate of drug-likeness (QED) is 0.587. The van der Waals surface area contributed by atoms with E-state index in [1.807, 2.05) is 6.07 Å². The normalized spacial score (nSPS) is 12.4. The maximum Gasteiger partial charge on any atom is 0.261 e. The smallest absolute Gasteiger partial charge is 0.261 e. The maximum absolute atomic E-state index is 11.8. The standard InChI is InChI=1S/C13H18F2N2O2/c1-9(10-3-2-4-11(16)7-10)13(18)17-5-6-19-8-12(14)15/h2-4,7,9,12H,5-6,8,16H2,1H3,(H,17,18). The van der Waals surface area contributed by atoms with Crippen LogP contribution in [0, 0.1) is 0 Å². The van der Waals surface area contributed by atoms with Gasteiger partial charge in [0.1, 0.15) is 6.61 Å². The van der Waals surface area contributed by atoms with Crippen LogP contribution in [0.25, 0.3) is 0 Å². The van der Waals surface area contributed by atoms with Gasteiger partial charge < -0.3 is 15.8 Å². The molecule has 1 unspecified atom stereocenters. The lowest BCUT2D eigenvalue weighted by molar-refractivity contribution is -0.122. The second kappa shape index (κ2) is 7.68. The summed E-state index contributed by atoms with van der Waals surface area (Å²) in [6, 6.07) is 7.07. The summed E-state index contributed by atoms with van der Waals surface area (Å²) in [5.74, 6) is -0.537. The molecule has 1 rings (SSSR count). The van der Waals surface area contributed by atoms with E-state index in [4.69, 9.17) is 5.73 Å². The fourth-order valence-corrected chi connectivity index (χ4v) is 1.55. The van der Waals surface area contributed by atoms with Crippen LogP contribution < -0.4 is 11.1 Å². The van der Waals surface area contributed by atoms with E-state index in [0.717, 1.165) is 5.56 Å². The third kappa shape index (κ3) is 5.65. The number of hydrogen-bond donors (Lipinski definition) is 2. The van der Waals surface area contributed by atoms with Crippen LogP contribution >= 0.6 is 0 Å². The third-order valence-corrected chi connectivity index (χ3v) is 2.59. The van der Waals surface area contributed by atoms with Crippen molar-refractivity contribution in [3.63, 3.8) is 0 Å². The highest BCUT2D eigenvalue weighted by atomic mass is 19.3. The Bertz CT molecular complexity index is 413. The number of hydrogen-bond acceptors (Lipinski definition) is 3. The molecule has 0 fully saturated rings. The minimum absolute atomic E-state index is 0.0692. The molecule has 0 aliphatic heterocycles. The Morgan fingerprint density at radius 2 is 2.21 bits per heavy atom. The number of nitrogen functional groups attached to an aromatic ring is 1. The number of benzene rings is 1. The van der Waals surface area contributed by atoms with E-state index in [-0.39, 0.29) is 25.0 Å². The van der Waals surface area contributed by atoms with Crippen molar-refractivity contribution >= 4 is 11.6 Å². The van der Waals surface area contributed by atoms with Gasteiger partial charge in [-0.25, -0.2) is 8.78 Å². The number of nitrogens with two attached hydrogens (primary N) is 1. The van der Waals surface area contributed by atoms with Gasteiger partial charge in [-0.1, -0.05) is 12.1 Å². The molecule has 0 saturated carbocycles. The van der Waals surface area contributed by atoms with E-state index in [0.29, 0.717) is 5.69 Å². The third-order valence-electron chi connectivity index (χ3n) is 2.59. The molecule has 0 aromatic heterocycles. The minimum Gasteiger partial charge on any atom is -0.399 e. The van der Waals surface area contributed by atoms with E-state index < -0.39 is 13.0 Å². The van der Waals surface area contributed by atoms with Gasteiger partial charge in [0, 0.05) is 12.2 Å². The molecule has 0 radical (unpaired) electrons. The molecular weight excluding hydrogens is 254 g/mol. The predicted octanol–water partition coefficient (Wildman–Crippen LogP) is 1.77. The van der Waals surface area contributed by atoms with E-state index in [2.05, 4.69) is 10.1 Å². The van der Waals surface area contributed by atoms with Crippen molar-refractivity contribution in [3.8, 4) is 0 Å². The highest BCUT2D eigenvalue weighted by Gasteiger charge is 2.14. The summed E-state index contributed by atoms with van der Waals surface area (Å²) < 4.78 is 28.2. The summed E-state index contributed by atoms with van der Waals surface area (Å²) in [6.07, 6.45) is -2.48. The van der Waals surface area contributed by atoms with Crippen molar-refractivity contribution in [2.45, 2.75) is 19.3 Å². The summed E-state index contributed by atoms with van der Waals surface area (Å²) in [5.41, 5.74) is 7.05. The van der Waals surface area contributed by atoms with Gasteiger partial charge in [-0.3, -0.25) is 4.79 Å². The topological polar surface area (TPSA) is 64.3 Å². The Balaban J connectivity index is 2.33. The number of halogens is 2. The molecule has 0 heterocycles. The van der Waals surface area contributed by atoms with Crippen LogP contribution in [0.2, 0.25) is 0 Å². The average Bonchev–Trinajstić information content (AvgIpc) is 2.36. The zero-order chi connectivity index (χ0) is 14.3. The van der Waals surface area contributed by atoms with Crippen LogP contribution in [0.5, 0.6) is 0 Å². The Hall–Kier alpha value is -1.69. The Labute approximate surface area is 110 Å². The second-order valence-corrected chi connectivity index (χ2v) is 4.15. The van der Waals surface area contributed by atoms with Crippen LogP contribution in [-0.4, -0.2) is 32.1 Å². The first kappa shape index (κ1) is 15.4. The molecule has 19 heavy (non-hydrogen) atoms. The van der Waals surface area contributed by atoms with Crippen molar-refractivity contribution in [3.05, 3.63) is 29.8 Å². The number of ether oxygens (including phenoxy) is 1. The highest BCUT2D eigenvalue weighted by Crippen LogP contribution is 2.17. The molecule has 3 N–H and O–H groups in total. The fraction of sp³-hybridized carbons (Fsp3) is 0.462. The molecule has 1 aromatic carbocycles. The highest BCUT2D eigenvalue weighted by molar-refractivity contribution is 5.83. The first-order chi connectivity index (χ1) is 9.00. The van der Waals surface area contributed by atoms with Gasteiger partial charge in [0.15, 0.2) is 0 Å². The van der Waals surface area contributed by atoms with Crippen LogP contribution in [-0.2, 0) is 9.53 Å². The first-order valence-electron chi connectivity index (χ1n) is 5.99. The van der Waals surface area contributed by atoms with Crippen LogP contribution in [0.1, 0.15) is 18.4 Å². The average molecular weight is 272 g/mol. The lowest BCUT2D eigenvalue weighted by Crippen LogP contribution is -2.31. The summed E-state index contributed by atoms with van der Waals surface area (Å²) in [4.78, 5) is 11.8. The maximum atomic E-state index is 11.8. The van der Waals surface area contributed by atoms with Gasteiger partial charge >= 0.3 is 0 Å². The molecule has 0 bridgehead atoms. The summed E-state index contributed by atoms with van der Waals surface area (Å²) in [6.45, 7) is 1.42. The number of rotatable bonds is 7. The van der Waals surface area contributed by atoms with Crippen molar-refractivity contribution in [2.24, 2.45) is 0 Å². The fourth-order valence-electron chi connectivity index (χ4n) is 1.55. The van der Waals surface area contributed by atoms with E-state index in [1.54, 1.807) is 25.1 Å². The lowest BCUT2D eigenvalue weighted by atomic mass is 10.00. The molecule has 0 aliphatic rings. The van der Waals surface area contributed by atoms with Gasteiger partial charge in [-0.15, -0.1) is 0 Å². The molecule has 0 aliphatic carbocycles. The molecular formula is C13H18F2N2O2. The lowest BCUT2D eigenvalue weighted by Gasteiger charge is -2.13. The summed E-state index contributed by atoms with van der Waals surface area (Å²) >= 11 is 0. The van der Waals surface area contributed by atoms with E-state index in [1.165, 1.54) is 0 Å². The van der Waals surface area contributed by atoms with Crippen molar-refractivity contribution in [1.82, 2.24) is 5.32 Å². The molecule has 6 heteroatoms. The van der Waals surface area contributed by atoms with Crippen molar-refractivity contribution < 1.29 is 18.3 Å². The molecule has 106 valence electrons. The van der Waals surface area contributed by atoms with Gasteiger partial charge in [-0.2, -0.15) is 0 Å². The number of carbonyl (C=O) groups is 1. The number of carbonyl (C=O) groups excluding carboxylic acids is 1. The van der Waals surface area contributed by atoms with Gasteiger partial charge in [0.05, 0.1) is 12.5 Å². The largest absolute Gasteiger partial charge is 0.399 e. The number of alkyl halides is 2. The molecule has 0 spiro atoms. The zero-order valence-electron chi connectivity index (χ0n) is 10.7. The Morgan fingerprint density at radius 1 is 1.47 bits per heavy atom. The van der Waals surface area contributed by atoms with Crippen LogP contribution in [0.4, 0.5) is 14.5 Å². The molecule has 1 aromatic rings. The van der Waals surface area contributed by atoms with Gasteiger partial charge in [-0.05, 0) is 24.6 Å². The van der Waals surface area contributed by atoms with Crippen LogP contribution in [0.3, 0.4) is 0 Å². The SMILES string of the molecule is CC(C(=O)NCCOCC(F)F)c1cccc(N)c1. The van der Waals surface area contributed by atoms with Crippen molar-refractivity contribution in [1.29, 1.82) is 0 Å². The molecule has 1 atom stereocenters. The number of nitrogens with one attached hydrogen (secondary N) is 1. The van der Waals surface area contributed by atoms with Gasteiger partial charge in [0.2, 0.25) is 5.91 Å². The monoisotopic (exact) mass is 272 g/mol. The summed E-state index contributed by atoms with van der Waals surface area (Å²) in [7, 11) is 0. The van der Waals surface area contributed by atoms with E-state index in [9.17, 15) is 13.6 Å². The first-order valence-corrected chi connectivity index (χ1v) is 5.99. The number of anilines is 1. The molecule has 4 nitrogen and oxygen atoms in total. The Kier molecular flexibility index (Phi) is 6.21. The molecule has 0 saturated heterocycles. The zero-order valence-corrected chi connectivity index (χ0v) is 10.7. The van der Waals surface area contributed by atoms with Gasteiger partial charge in [0.25, 0.3) is 6.43 Å². The van der Waals surface area contributed by atoms with Crippen LogP contribution in [0.15, 0.2) is 24.3 Å². The Morgan fingerprint density at radius 3 is 2.84 bits per heavy atom. The summed E-state index contributed by atoms with van der Waals surface area (Å²) in [5, 5.41) is 2.62. The second-order valence-electron chi connectivity index (χ2n) is 4.15. The minimum atomic E-state index is -2.48.